The highest BCUT2D eigenvalue weighted by atomic mass is 35.5. The summed E-state index contributed by atoms with van der Waals surface area (Å²) in [6.07, 6.45) is 1.05. The van der Waals surface area contributed by atoms with E-state index in [4.69, 9.17) is 16.3 Å². The van der Waals surface area contributed by atoms with Gasteiger partial charge in [0.2, 0.25) is 5.91 Å². The van der Waals surface area contributed by atoms with Crippen LogP contribution in [-0.2, 0) is 11.2 Å². The maximum atomic E-state index is 12.2. The van der Waals surface area contributed by atoms with Gasteiger partial charge in [-0.1, -0.05) is 23.7 Å². The van der Waals surface area contributed by atoms with Crippen molar-refractivity contribution >= 4 is 28.9 Å². The number of methoxy groups -OCH3 is 1. The first-order valence-corrected chi connectivity index (χ1v) is 7.77. The summed E-state index contributed by atoms with van der Waals surface area (Å²) in [5.74, 6) is 0.755. The molecule has 122 valence electrons. The van der Waals surface area contributed by atoms with Crippen molar-refractivity contribution in [2.24, 2.45) is 0 Å². The van der Waals surface area contributed by atoms with Crippen molar-refractivity contribution in [1.29, 1.82) is 0 Å². The van der Waals surface area contributed by atoms with Crippen LogP contribution in [0.5, 0.6) is 5.75 Å². The molecule has 2 aromatic carbocycles. The molecule has 0 heterocycles. The summed E-state index contributed by atoms with van der Waals surface area (Å²) in [5.41, 5.74) is 2.71. The molecule has 0 unspecified atom stereocenters. The maximum Gasteiger partial charge on any atom is 0.224 e. The Morgan fingerprint density at radius 1 is 1.22 bits per heavy atom. The third kappa shape index (κ3) is 4.89. The van der Waals surface area contributed by atoms with Gasteiger partial charge in [-0.15, -0.1) is 0 Å². The molecule has 0 atom stereocenters. The molecule has 0 radical (unpaired) electrons. The molecule has 0 spiro atoms. The highest BCUT2D eigenvalue weighted by Gasteiger charge is 2.10. The highest BCUT2D eigenvalue weighted by Crippen LogP contribution is 2.28. The number of carbonyl (C=O) groups is 1. The van der Waals surface area contributed by atoms with Crippen LogP contribution in [0.2, 0.25) is 5.02 Å². The molecule has 0 fully saturated rings. The van der Waals surface area contributed by atoms with Gasteiger partial charge in [0, 0.05) is 25.5 Å². The van der Waals surface area contributed by atoms with E-state index in [2.05, 4.69) is 5.32 Å². The van der Waals surface area contributed by atoms with E-state index in [-0.39, 0.29) is 5.91 Å². The summed E-state index contributed by atoms with van der Waals surface area (Å²) in [5, 5.41) is 3.53. The number of rotatable bonds is 6. The fraction of sp³-hybridized carbons (Fsp3) is 0.278. The maximum absolute atomic E-state index is 12.2. The molecule has 1 amide bonds. The summed E-state index contributed by atoms with van der Waals surface area (Å²) in [7, 11) is 5.48. The van der Waals surface area contributed by atoms with E-state index in [1.165, 1.54) is 0 Å². The number of hydrogen-bond donors (Lipinski definition) is 1. The summed E-state index contributed by atoms with van der Waals surface area (Å²) >= 11 is 6.03. The monoisotopic (exact) mass is 332 g/mol. The Kier molecular flexibility index (Phi) is 5.88. The number of halogens is 1. The van der Waals surface area contributed by atoms with Gasteiger partial charge < -0.3 is 15.0 Å². The van der Waals surface area contributed by atoms with Gasteiger partial charge in [0.1, 0.15) is 5.75 Å². The van der Waals surface area contributed by atoms with Crippen molar-refractivity contribution in [3.63, 3.8) is 0 Å². The van der Waals surface area contributed by atoms with Crippen molar-refractivity contribution in [3.8, 4) is 5.75 Å². The molecular formula is C18H21ClN2O2. The van der Waals surface area contributed by atoms with Gasteiger partial charge in [-0.05, 0) is 42.3 Å². The lowest BCUT2D eigenvalue weighted by Gasteiger charge is -2.18. The zero-order chi connectivity index (χ0) is 16.8. The van der Waals surface area contributed by atoms with Gasteiger partial charge in [0.15, 0.2) is 0 Å². The normalized spacial score (nSPS) is 10.3. The second kappa shape index (κ2) is 7.88. The van der Waals surface area contributed by atoms with Gasteiger partial charge in [-0.2, -0.15) is 0 Å². The number of benzene rings is 2. The van der Waals surface area contributed by atoms with Crippen LogP contribution in [0.1, 0.15) is 12.0 Å². The third-order valence-electron chi connectivity index (χ3n) is 3.49. The van der Waals surface area contributed by atoms with Crippen molar-refractivity contribution in [3.05, 3.63) is 53.1 Å². The second-order valence-electron chi connectivity index (χ2n) is 5.46. The molecule has 1 N–H and O–H groups in total. The van der Waals surface area contributed by atoms with E-state index in [0.717, 1.165) is 22.7 Å². The molecule has 0 saturated carbocycles. The Morgan fingerprint density at radius 2 is 2.00 bits per heavy atom. The predicted octanol–water partition coefficient (Wildman–Crippen LogP) is 3.99. The first kappa shape index (κ1) is 17.2. The summed E-state index contributed by atoms with van der Waals surface area (Å²) in [4.78, 5) is 14.2. The molecule has 0 saturated heterocycles. The van der Waals surface area contributed by atoms with Gasteiger partial charge in [-0.25, -0.2) is 0 Å². The van der Waals surface area contributed by atoms with Crippen LogP contribution in [-0.4, -0.2) is 27.1 Å². The lowest BCUT2D eigenvalue weighted by atomic mass is 10.1. The first-order chi connectivity index (χ1) is 11.0. The minimum atomic E-state index is -0.0433. The molecule has 0 aliphatic rings. The van der Waals surface area contributed by atoms with E-state index < -0.39 is 0 Å². The SMILES string of the molecule is COc1cccc(CCC(=O)Nc2cc(Cl)ccc2N(C)C)c1. The summed E-state index contributed by atoms with van der Waals surface area (Å²) < 4.78 is 5.19. The van der Waals surface area contributed by atoms with Crippen LogP contribution in [0.3, 0.4) is 0 Å². The van der Waals surface area contributed by atoms with Crippen molar-refractivity contribution in [2.75, 3.05) is 31.4 Å². The summed E-state index contributed by atoms with van der Waals surface area (Å²) in [6.45, 7) is 0. The molecule has 5 heteroatoms. The predicted molar refractivity (Wildman–Crippen MR) is 95.7 cm³/mol. The number of nitrogens with one attached hydrogen (secondary N) is 1. The van der Waals surface area contributed by atoms with Gasteiger partial charge in [0.25, 0.3) is 0 Å². The molecule has 2 rings (SSSR count). The fourth-order valence-corrected chi connectivity index (χ4v) is 2.47. The zero-order valence-corrected chi connectivity index (χ0v) is 14.4. The number of aryl methyl sites for hydroxylation is 1. The Labute approximate surface area is 142 Å². The first-order valence-electron chi connectivity index (χ1n) is 7.39. The molecule has 0 aliphatic heterocycles. The van der Waals surface area contributed by atoms with E-state index in [1.807, 2.05) is 55.4 Å². The lowest BCUT2D eigenvalue weighted by molar-refractivity contribution is -0.116. The molecule has 23 heavy (non-hydrogen) atoms. The lowest BCUT2D eigenvalue weighted by Crippen LogP contribution is -2.17. The van der Waals surface area contributed by atoms with Gasteiger partial charge in [0.05, 0.1) is 18.5 Å². The Bertz CT molecular complexity index is 686. The van der Waals surface area contributed by atoms with Crippen molar-refractivity contribution in [2.45, 2.75) is 12.8 Å². The number of anilines is 2. The largest absolute Gasteiger partial charge is 0.497 e. The number of carbonyl (C=O) groups excluding carboxylic acids is 1. The Balaban J connectivity index is 2.01. The second-order valence-corrected chi connectivity index (χ2v) is 5.89. The molecule has 0 aromatic heterocycles. The minimum Gasteiger partial charge on any atom is -0.497 e. The number of hydrogen-bond acceptors (Lipinski definition) is 3. The van der Waals surface area contributed by atoms with Crippen LogP contribution in [0, 0.1) is 0 Å². The van der Waals surface area contributed by atoms with E-state index in [0.29, 0.717) is 17.9 Å². The third-order valence-corrected chi connectivity index (χ3v) is 3.72. The smallest absolute Gasteiger partial charge is 0.224 e. The van der Waals surface area contributed by atoms with Crippen molar-refractivity contribution in [1.82, 2.24) is 0 Å². The topological polar surface area (TPSA) is 41.6 Å². The van der Waals surface area contributed by atoms with Crippen LogP contribution < -0.4 is 15.0 Å². The number of amides is 1. The zero-order valence-electron chi connectivity index (χ0n) is 13.6. The number of nitrogens with zero attached hydrogens (tertiary/aromatic N) is 1. The molecule has 2 aromatic rings. The van der Waals surface area contributed by atoms with Gasteiger partial charge >= 0.3 is 0 Å². The van der Waals surface area contributed by atoms with Crippen LogP contribution in [0.15, 0.2) is 42.5 Å². The Hall–Kier alpha value is -2.20. The molecule has 0 aliphatic carbocycles. The molecule has 4 nitrogen and oxygen atoms in total. The van der Waals surface area contributed by atoms with Crippen molar-refractivity contribution < 1.29 is 9.53 Å². The average molecular weight is 333 g/mol. The standard InChI is InChI=1S/C18H21ClN2O2/c1-21(2)17-9-8-14(19)12-16(17)20-18(22)10-7-13-5-4-6-15(11-13)23-3/h4-6,8-9,11-12H,7,10H2,1-3H3,(H,20,22). The molecule has 0 bridgehead atoms. The van der Waals surface area contributed by atoms with Crippen LogP contribution >= 0.6 is 11.6 Å². The van der Waals surface area contributed by atoms with E-state index in [9.17, 15) is 4.79 Å². The van der Waals surface area contributed by atoms with Crippen LogP contribution in [0.4, 0.5) is 11.4 Å². The summed E-state index contributed by atoms with van der Waals surface area (Å²) in [6, 6.07) is 13.2. The minimum absolute atomic E-state index is 0.0433. The van der Waals surface area contributed by atoms with E-state index >= 15 is 0 Å². The van der Waals surface area contributed by atoms with Gasteiger partial charge in [-0.3, -0.25) is 4.79 Å². The average Bonchev–Trinajstić information content (AvgIpc) is 2.53. The fourth-order valence-electron chi connectivity index (χ4n) is 2.30. The Morgan fingerprint density at radius 3 is 2.70 bits per heavy atom. The quantitative estimate of drug-likeness (QED) is 0.869. The van der Waals surface area contributed by atoms with E-state index in [1.54, 1.807) is 13.2 Å². The van der Waals surface area contributed by atoms with Crippen LogP contribution in [0.25, 0.3) is 0 Å². The molecular weight excluding hydrogens is 312 g/mol. The highest BCUT2D eigenvalue weighted by molar-refractivity contribution is 6.31. The number of ether oxygens (including phenoxy) is 1.